The van der Waals surface area contributed by atoms with Crippen molar-refractivity contribution in [2.45, 2.75) is 13.0 Å². The summed E-state index contributed by atoms with van der Waals surface area (Å²) < 4.78 is 32.3. The first-order valence-corrected chi connectivity index (χ1v) is 5.96. The molecule has 0 heterocycles. The fourth-order valence-electron chi connectivity index (χ4n) is 1.88. The van der Waals surface area contributed by atoms with E-state index in [1.807, 2.05) is 0 Å². The summed E-state index contributed by atoms with van der Waals surface area (Å²) in [7, 11) is 1.48. The number of benzene rings is 2. The van der Waals surface area contributed by atoms with Crippen molar-refractivity contribution in [2.75, 3.05) is 12.4 Å². The Morgan fingerprint density at radius 1 is 1.05 bits per heavy atom. The smallest absolute Gasteiger partial charge is 0.146 e. The van der Waals surface area contributed by atoms with E-state index in [0.29, 0.717) is 17.0 Å². The highest BCUT2D eigenvalue weighted by Gasteiger charge is 2.13. The van der Waals surface area contributed by atoms with Crippen molar-refractivity contribution < 1.29 is 13.5 Å². The summed E-state index contributed by atoms with van der Waals surface area (Å²) in [5, 5.41) is 2.95. The first-order chi connectivity index (χ1) is 9.11. The Morgan fingerprint density at radius 2 is 1.79 bits per heavy atom. The number of anilines is 1. The van der Waals surface area contributed by atoms with E-state index in [2.05, 4.69) is 5.32 Å². The lowest BCUT2D eigenvalue weighted by Crippen LogP contribution is -2.09. The van der Waals surface area contributed by atoms with Gasteiger partial charge in [-0.15, -0.1) is 0 Å². The summed E-state index contributed by atoms with van der Waals surface area (Å²) in [5.74, 6) is -0.279. The second-order valence-electron chi connectivity index (χ2n) is 4.23. The van der Waals surface area contributed by atoms with Crippen molar-refractivity contribution >= 4 is 5.69 Å². The molecule has 0 fully saturated rings. The van der Waals surface area contributed by atoms with Crippen molar-refractivity contribution in [3.63, 3.8) is 0 Å². The minimum atomic E-state index is -0.379. The number of rotatable bonds is 4. The molecule has 0 aliphatic heterocycles. The first-order valence-electron chi connectivity index (χ1n) is 5.96. The van der Waals surface area contributed by atoms with Gasteiger partial charge in [0.25, 0.3) is 0 Å². The molecule has 0 aromatic heterocycles. The maximum Gasteiger partial charge on any atom is 0.146 e. The highest BCUT2D eigenvalue weighted by Crippen LogP contribution is 2.25. The summed E-state index contributed by atoms with van der Waals surface area (Å²) in [6.07, 6.45) is 0. The van der Waals surface area contributed by atoms with Crippen LogP contribution in [-0.4, -0.2) is 7.11 Å². The summed E-state index contributed by atoms with van der Waals surface area (Å²) in [6, 6.07) is 10.6. The predicted molar refractivity (Wildman–Crippen MR) is 71.4 cm³/mol. The summed E-state index contributed by atoms with van der Waals surface area (Å²) in [6.45, 7) is 1.78. The average Bonchev–Trinajstić information content (AvgIpc) is 2.41. The van der Waals surface area contributed by atoms with Crippen molar-refractivity contribution in [3.05, 3.63) is 59.7 Å². The number of para-hydroxylation sites is 1. The number of ether oxygens (including phenoxy) is 1. The van der Waals surface area contributed by atoms with Crippen LogP contribution in [-0.2, 0) is 0 Å². The minimum Gasteiger partial charge on any atom is -0.497 e. The number of hydrogen-bond acceptors (Lipinski definition) is 2. The second-order valence-corrected chi connectivity index (χ2v) is 4.23. The molecule has 4 heteroatoms. The van der Waals surface area contributed by atoms with Crippen LogP contribution < -0.4 is 10.1 Å². The van der Waals surface area contributed by atoms with Crippen LogP contribution in [0, 0.1) is 11.6 Å². The van der Waals surface area contributed by atoms with E-state index in [1.165, 1.54) is 19.2 Å². The van der Waals surface area contributed by atoms with Gasteiger partial charge in [0, 0.05) is 11.6 Å². The maximum atomic E-state index is 13.9. The monoisotopic (exact) mass is 263 g/mol. The topological polar surface area (TPSA) is 21.3 Å². The Morgan fingerprint density at radius 3 is 2.42 bits per heavy atom. The molecule has 0 aliphatic carbocycles. The lowest BCUT2D eigenvalue weighted by molar-refractivity contribution is 0.410. The first kappa shape index (κ1) is 13.3. The lowest BCUT2D eigenvalue weighted by Gasteiger charge is -2.17. The van der Waals surface area contributed by atoms with E-state index in [1.54, 1.807) is 37.3 Å². The van der Waals surface area contributed by atoms with Crippen LogP contribution in [0.4, 0.5) is 14.5 Å². The van der Waals surface area contributed by atoms with Crippen LogP contribution >= 0.6 is 0 Å². The van der Waals surface area contributed by atoms with Crippen molar-refractivity contribution in [1.82, 2.24) is 0 Å². The Kier molecular flexibility index (Phi) is 4.00. The Balaban J connectivity index is 2.21. The average molecular weight is 263 g/mol. The van der Waals surface area contributed by atoms with Crippen LogP contribution in [0.1, 0.15) is 18.5 Å². The molecular weight excluding hydrogens is 248 g/mol. The van der Waals surface area contributed by atoms with Gasteiger partial charge in [0.2, 0.25) is 0 Å². The zero-order chi connectivity index (χ0) is 13.8. The fourth-order valence-corrected chi connectivity index (χ4v) is 1.88. The normalized spacial score (nSPS) is 12.0. The van der Waals surface area contributed by atoms with E-state index in [0.717, 1.165) is 0 Å². The number of halogens is 2. The molecule has 19 heavy (non-hydrogen) atoms. The minimum absolute atomic E-state index is 0.345. The molecule has 0 saturated carbocycles. The van der Waals surface area contributed by atoms with Gasteiger partial charge in [-0.25, -0.2) is 8.78 Å². The molecule has 0 bridgehead atoms. The molecule has 100 valence electrons. The van der Waals surface area contributed by atoms with Crippen LogP contribution in [0.25, 0.3) is 0 Å². The maximum absolute atomic E-state index is 13.9. The van der Waals surface area contributed by atoms with Gasteiger partial charge < -0.3 is 10.1 Å². The van der Waals surface area contributed by atoms with Gasteiger partial charge in [0.1, 0.15) is 17.4 Å². The van der Waals surface area contributed by atoms with Gasteiger partial charge in [-0.3, -0.25) is 0 Å². The molecule has 2 rings (SSSR count). The molecule has 1 unspecified atom stereocenters. The standard InChI is InChI=1S/C15H15F2NO/c1-10(18-15-6-4-3-5-13(15)16)12-8-7-11(19-2)9-14(12)17/h3-10,18H,1-2H3. The predicted octanol–water partition coefficient (Wildman–Crippen LogP) is 4.15. The van der Waals surface area contributed by atoms with E-state index in [-0.39, 0.29) is 17.7 Å². The van der Waals surface area contributed by atoms with E-state index in [9.17, 15) is 8.78 Å². The lowest BCUT2D eigenvalue weighted by atomic mass is 10.1. The Bertz CT molecular complexity index is 572. The van der Waals surface area contributed by atoms with Crippen molar-refractivity contribution in [1.29, 1.82) is 0 Å². The zero-order valence-electron chi connectivity index (χ0n) is 10.8. The van der Waals surface area contributed by atoms with E-state index >= 15 is 0 Å². The molecule has 0 radical (unpaired) electrons. The van der Waals surface area contributed by atoms with Gasteiger partial charge in [-0.2, -0.15) is 0 Å². The summed E-state index contributed by atoms with van der Waals surface area (Å²) in [5.41, 5.74) is 0.814. The molecule has 2 aromatic rings. The van der Waals surface area contributed by atoms with Gasteiger partial charge in [-0.1, -0.05) is 18.2 Å². The molecular formula is C15H15F2NO. The quantitative estimate of drug-likeness (QED) is 0.894. The fraction of sp³-hybridized carbons (Fsp3) is 0.200. The Hall–Kier alpha value is -2.10. The number of nitrogens with one attached hydrogen (secondary N) is 1. The summed E-state index contributed by atoms with van der Waals surface area (Å²) in [4.78, 5) is 0. The Labute approximate surface area is 111 Å². The highest BCUT2D eigenvalue weighted by atomic mass is 19.1. The number of methoxy groups -OCH3 is 1. The van der Waals surface area contributed by atoms with Crippen LogP contribution in [0.2, 0.25) is 0 Å². The molecule has 2 nitrogen and oxygen atoms in total. The van der Waals surface area contributed by atoms with Gasteiger partial charge in [-0.05, 0) is 25.1 Å². The molecule has 1 N–H and O–H groups in total. The van der Waals surface area contributed by atoms with Crippen molar-refractivity contribution in [2.24, 2.45) is 0 Å². The van der Waals surface area contributed by atoms with Gasteiger partial charge in [0.05, 0.1) is 18.8 Å². The van der Waals surface area contributed by atoms with Crippen LogP contribution in [0.5, 0.6) is 5.75 Å². The van der Waals surface area contributed by atoms with Gasteiger partial charge >= 0.3 is 0 Å². The molecule has 0 spiro atoms. The van der Waals surface area contributed by atoms with Gasteiger partial charge in [0.15, 0.2) is 0 Å². The molecule has 2 aromatic carbocycles. The number of hydrogen-bond donors (Lipinski definition) is 1. The van der Waals surface area contributed by atoms with Crippen LogP contribution in [0.3, 0.4) is 0 Å². The third-order valence-electron chi connectivity index (χ3n) is 2.92. The third-order valence-corrected chi connectivity index (χ3v) is 2.92. The molecule has 1 atom stereocenters. The van der Waals surface area contributed by atoms with Crippen LogP contribution in [0.15, 0.2) is 42.5 Å². The van der Waals surface area contributed by atoms with E-state index < -0.39 is 0 Å². The largest absolute Gasteiger partial charge is 0.497 e. The summed E-state index contributed by atoms with van der Waals surface area (Å²) >= 11 is 0. The zero-order valence-corrected chi connectivity index (χ0v) is 10.8. The van der Waals surface area contributed by atoms with Crippen molar-refractivity contribution in [3.8, 4) is 5.75 Å². The van der Waals surface area contributed by atoms with E-state index in [4.69, 9.17) is 4.74 Å². The SMILES string of the molecule is COc1ccc(C(C)Nc2ccccc2F)c(F)c1. The molecule has 0 saturated heterocycles. The highest BCUT2D eigenvalue weighted by molar-refractivity contribution is 5.47. The second kappa shape index (κ2) is 5.69. The third kappa shape index (κ3) is 3.02. The molecule has 0 aliphatic rings. The molecule has 0 amide bonds.